The van der Waals surface area contributed by atoms with Gasteiger partial charge in [0.15, 0.2) is 0 Å². The number of fused-ring (bicyclic) bond motifs is 3. The summed E-state index contributed by atoms with van der Waals surface area (Å²) in [5.74, 6) is -1.24. The van der Waals surface area contributed by atoms with E-state index in [0.717, 1.165) is 10.0 Å². The molecule has 2 bridgehead atoms. The van der Waals surface area contributed by atoms with Crippen molar-refractivity contribution in [2.75, 3.05) is 0 Å². The van der Waals surface area contributed by atoms with Crippen molar-refractivity contribution in [1.82, 2.24) is 10.3 Å². The van der Waals surface area contributed by atoms with Crippen LogP contribution in [-0.2, 0) is 9.53 Å². The monoisotopic (exact) mass is 706 g/mol. The number of hydrogen-bond acceptors (Lipinski definition) is 5. The number of esters is 1. The lowest BCUT2D eigenvalue weighted by molar-refractivity contribution is -0.274. The fourth-order valence-corrected chi connectivity index (χ4v) is 7.17. The van der Waals surface area contributed by atoms with Gasteiger partial charge in [-0.3, -0.25) is 9.59 Å². The Morgan fingerprint density at radius 2 is 1.57 bits per heavy atom. The largest absolute Gasteiger partial charge is 0.573 e. The minimum atomic E-state index is -4.95. The SMILES string of the molecule is Cc1c(-c2ccccc2)nc2ccc(Br)cc2c1C(=O)NC12CCC(C(=O)OC(C)(C)C)(C=C1c1ccccc1OC(F)(F)F)CC2. The Labute approximate surface area is 279 Å². The lowest BCUT2D eigenvalue weighted by atomic mass is 9.57. The first-order valence-electron chi connectivity index (χ1n) is 15.4. The van der Waals surface area contributed by atoms with Crippen LogP contribution in [0.25, 0.3) is 27.7 Å². The highest BCUT2D eigenvalue weighted by Crippen LogP contribution is 2.56. The number of amides is 1. The Morgan fingerprint density at radius 1 is 0.915 bits per heavy atom. The van der Waals surface area contributed by atoms with E-state index < -0.39 is 40.5 Å². The molecule has 244 valence electrons. The molecule has 0 radical (unpaired) electrons. The van der Waals surface area contributed by atoms with E-state index in [1.807, 2.05) is 55.5 Å². The maximum atomic E-state index is 14.6. The number of halogens is 4. The van der Waals surface area contributed by atoms with Gasteiger partial charge >= 0.3 is 12.3 Å². The average molecular weight is 708 g/mol. The molecule has 0 atom stereocenters. The Balaban J connectivity index is 1.50. The van der Waals surface area contributed by atoms with Gasteiger partial charge in [0.05, 0.1) is 27.7 Å². The Kier molecular flexibility index (Phi) is 8.23. The van der Waals surface area contributed by atoms with E-state index in [4.69, 9.17) is 9.72 Å². The number of carbonyl (C=O) groups excluding carboxylic acids is 2. The van der Waals surface area contributed by atoms with Crippen molar-refractivity contribution < 1.29 is 32.2 Å². The second kappa shape index (κ2) is 11.8. The molecule has 6 nitrogen and oxygen atoms in total. The second-order valence-electron chi connectivity index (χ2n) is 13.3. The van der Waals surface area contributed by atoms with Crippen LogP contribution in [0.5, 0.6) is 5.75 Å². The van der Waals surface area contributed by atoms with Crippen molar-refractivity contribution in [3.8, 4) is 17.0 Å². The highest BCUT2D eigenvalue weighted by atomic mass is 79.9. The van der Waals surface area contributed by atoms with Crippen molar-refractivity contribution in [3.05, 3.63) is 100 Å². The summed E-state index contributed by atoms with van der Waals surface area (Å²) in [6, 6.07) is 20.9. The van der Waals surface area contributed by atoms with Gasteiger partial charge in [-0.2, -0.15) is 0 Å². The molecule has 1 N–H and O–H groups in total. The number of alkyl halides is 3. The van der Waals surface area contributed by atoms with Crippen LogP contribution in [0, 0.1) is 12.3 Å². The van der Waals surface area contributed by atoms with E-state index in [1.54, 1.807) is 32.9 Å². The molecule has 0 saturated heterocycles. The number of nitrogens with one attached hydrogen (secondary N) is 1. The Bertz CT molecular complexity index is 1910. The lowest BCUT2D eigenvalue weighted by Gasteiger charge is -2.52. The van der Waals surface area contributed by atoms with Gasteiger partial charge in [0.25, 0.3) is 5.91 Å². The van der Waals surface area contributed by atoms with E-state index in [1.165, 1.54) is 18.2 Å². The van der Waals surface area contributed by atoms with Crippen molar-refractivity contribution in [2.24, 2.45) is 5.41 Å². The zero-order valence-corrected chi connectivity index (χ0v) is 28.0. The van der Waals surface area contributed by atoms with Gasteiger partial charge in [0.2, 0.25) is 0 Å². The number of pyridine rings is 1. The summed E-state index contributed by atoms with van der Waals surface area (Å²) in [5, 5.41) is 3.90. The molecule has 4 aromatic rings. The first-order chi connectivity index (χ1) is 22.1. The lowest BCUT2D eigenvalue weighted by Crippen LogP contribution is -2.58. The number of aromatic nitrogens is 1. The minimum Gasteiger partial charge on any atom is -0.459 e. The van der Waals surface area contributed by atoms with Crippen LogP contribution in [0.4, 0.5) is 13.2 Å². The maximum Gasteiger partial charge on any atom is 0.573 e. The fraction of sp³-hybridized carbons (Fsp3) is 0.324. The molecule has 1 heterocycles. The fourth-order valence-electron chi connectivity index (χ4n) is 6.80. The Hall–Kier alpha value is -4.18. The number of nitrogens with zero attached hydrogens (tertiary/aromatic N) is 1. The highest BCUT2D eigenvalue weighted by molar-refractivity contribution is 9.10. The van der Waals surface area contributed by atoms with Gasteiger partial charge in [-0.1, -0.05) is 70.5 Å². The summed E-state index contributed by atoms with van der Waals surface area (Å²) in [7, 11) is 0. The number of hydrogen-bond donors (Lipinski definition) is 1. The van der Waals surface area contributed by atoms with Gasteiger partial charge in [0, 0.05) is 21.0 Å². The topological polar surface area (TPSA) is 77.5 Å². The van der Waals surface area contributed by atoms with Crippen molar-refractivity contribution in [3.63, 3.8) is 0 Å². The third-order valence-corrected chi connectivity index (χ3v) is 9.45. The van der Waals surface area contributed by atoms with Crippen LogP contribution >= 0.6 is 15.9 Å². The van der Waals surface area contributed by atoms with Crippen LogP contribution < -0.4 is 10.1 Å². The van der Waals surface area contributed by atoms with Gasteiger partial charge in [-0.05, 0) is 88.8 Å². The third-order valence-electron chi connectivity index (χ3n) is 8.96. The number of ether oxygens (including phenoxy) is 2. The highest BCUT2D eigenvalue weighted by Gasteiger charge is 2.55. The molecule has 1 amide bonds. The summed E-state index contributed by atoms with van der Waals surface area (Å²) < 4.78 is 51.9. The standard InChI is InChI=1S/C37H34BrF3N2O4/c1-22-30(26-20-24(38)14-15-28(26)42-31(22)23-10-6-5-7-11-23)32(44)43-36-18-16-35(17-19-36,33(45)47-34(2,3)4)21-27(36)25-12-8-9-13-29(25)46-37(39,40)41/h5-15,20-21H,16-19H2,1-4H3,(H,43,44). The number of benzene rings is 3. The van der Waals surface area contributed by atoms with Crippen LogP contribution in [0.15, 0.2) is 83.3 Å². The molecule has 0 unspecified atom stereocenters. The van der Waals surface area contributed by atoms with E-state index in [-0.39, 0.29) is 5.56 Å². The molecular formula is C37H34BrF3N2O4. The summed E-state index contributed by atoms with van der Waals surface area (Å²) in [6.07, 6.45) is -1.92. The third kappa shape index (κ3) is 6.40. The molecule has 3 aliphatic rings. The van der Waals surface area contributed by atoms with E-state index in [2.05, 4.69) is 26.0 Å². The van der Waals surface area contributed by atoms with Crippen LogP contribution in [0.1, 0.15) is 67.9 Å². The predicted molar refractivity (Wildman–Crippen MR) is 178 cm³/mol. The van der Waals surface area contributed by atoms with Crippen molar-refractivity contribution in [2.45, 2.75) is 70.9 Å². The summed E-state index contributed by atoms with van der Waals surface area (Å²) in [6.45, 7) is 7.18. The first kappa shape index (κ1) is 32.7. The molecular weight excluding hydrogens is 673 g/mol. The predicted octanol–water partition coefficient (Wildman–Crippen LogP) is 9.34. The molecule has 7 rings (SSSR count). The molecule has 0 spiro atoms. The summed E-state index contributed by atoms with van der Waals surface area (Å²) in [4.78, 5) is 33.2. The van der Waals surface area contributed by atoms with E-state index in [0.29, 0.717) is 59.0 Å². The zero-order valence-electron chi connectivity index (χ0n) is 26.4. The summed E-state index contributed by atoms with van der Waals surface area (Å²) >= 11 is 3.53. The van der Waals surface area contributed by atoms with Crippen molar-refractivity contribution in [1.29, 1.82) is 0 Å². The van der Waals surface area contributed by atoms with Gasteiger partial charge in [-0.15, -0.1) is 13.2 Å². The molecule has 1 saturated carbocycles. The smallest absolute Gasteiger partial charge is 0.459 e. The molecule has 1 aromatic heterocycles. The normalized spacial score (nSPS) is 20.9. The maximum absolute atomic E-state index is 14.6. The summed E-state index contributed by atoms with van der Waals surface area (Å²) in [5.41, 5.74) is 0.833. The molecule has 10 heteroatoms. The minimum absolute atomic E-state index is 0.154. The Morgan fingerprint density at radius 3 is 2.23 bits per heavy atom. The van der Waals surface area contributed by atoms with Gasteiger partial charge in [0.1, 0.15) is 11.4 Å². The number of carbonyl (C=O) groups is 2. The number of para-hydroxylation sites is 1. The molecule has 3 aliphatic carbocycles. The number of rotatable bonds is 6. The van der Waals surface area contributed by atoms with Crippen LogP contribution in [-0.4, -0.2) is 34.4 Å². The van der Waals surface area contributed by atoms with Crippen LogP contribution in [0.2, 0.25) is 0 Å². The van der Waals surface area contributed by atoms with E-state index >= 15 is 0 Å². The van der Waals surface area contributed by atoms with Gasteiger partial charge < -0.3 is 14.8 Å². The van der Waals surface area contributed by atoms with E-state index in [9.17, 15) is 22.8 Å². The first-order valence-corrected chi connectivity index (χ1v) is 16.2. The van der Waals surface area contributed by atoms with Gasteiger partial charge in [-0.25, -0.2) is 4.98 Å². The molecule has 1 fully saturated rings. The molecule has 3 aromatic carbocycles. The quantitative estimate of drug-likeness (QED) is 0.202. The molecule has 47 heavy (non-hydrogen) atoms. The van der Waals surface area contributed by atoms with Crippen molar-refractivity contribution >= 4 is 44.3 Å². The van der Waals surface area contributed by atoms with Crippen LogP contribution in [0.3, 0.4) is 0 Å². The average Bonchev–Trinajstić information content (AvgIpc) is 3.00. The zero-order chi connectivity index (χ0) is 33.8. The second-order valence-corrected chi connectivity index (χ2v) is 14.2. The molecule has 0 aliphatic heterocycles.